The Morgan fingerprint density at radius 2 is 1.33 bits per heavy atom. The van der Waals surface area contributed by atoms with Crippen molar-refractivity contribution in [2.24, 2.45) is 5.92 Å². The predicted molar refractivity (Wildman–Crippen MR) is 149 cm³/mol. The molecule has 6 heteroatoms. The van der Waals surface area contributed by atoms with Crippen LogP contribution in [0.3, 0.4) is 0 Å². The SMILES string of the molecule is CCCCCC=CCC=CCCCCCCCC(=O)OCC(C)COC(=O)OCCCN(CC)CC. The van der Waals surface area contributed by atoms with Gasteiger partial charge in [-0.05, 0) is 58.0 Å². The maximum Gasteiger partial charge on any atom is 0.508 e. The van der Waals surface area contributed by atoms with Crippen LogP contribution < -0.4 is 0 Å². The molecule has 210 valence electrons. The molecule has 0 spiro atoms. The average molecular weight is 510 g/mol. The quantitative estimate of drug-likeness (QED) is 0.0749. The molecule has 0 saturated heterocycles. The lowest BCUT2D eigenvalue weighted by Crippen LogP contribution is -2.25. The molecule has 0 bridgehead atoms. The number of hydrogen-bond donors (Lipinski definition) is 0. The Kier molecular flexibility index (Phi) is 24.9. The number of carbonyl (C=O) groups is 2. The first-order chi connectivity index (χ1) is 17.5. The zero-order chi connectivity index (χ0) is 26.7. The number of nitrogens with zero attached hydrogens (tertiary/aromatic N) is 1. The van der Waals surface area contributed by atoms with E-state index in [1.165, 1.54) is 38.5 Å². The smallest absolute Gasteiger partial charge is 0.465 e. The van der Waals surface area contributed by atoms with Gasteiger partial charge in [-0.3, -0.25) is 4.79 Å². The van der Waals surface area contributed by atoms with E-state index >= 15 is 0 Å². The van der Waals surface area contributed by atoms with Crippen molar-refractivity contribution in [3.8, 4) is 0 Å². The van der Waals surface area contributed by atoms with Gasteiger partial charge in [0.2, 0.25) is 0 Å². The largest absolute Gasteiger partial charge is 0.508 e. The van der Waals surface area contributed by atoms with Gasteiger partial charge in [-0.2, -0.15) is 0 Å². The molecule has 36 heavy (non-hydrogen) atoms. The number of ether oxygens (including phenoxy) is 3. The molecule has 6 nitrogen and oxygen atoms in total. The van der Waals surface area contributed by atoms with E-state index in [9.17, 15) is 9.59 Å². The van der Waals surface area contributed by atoms with Crippen LogP contribution in [0.25, 0.3) is 0 Å². The lowest BCUT2D eigenvalue weighted by molar-refractivity contribution is -0.145. The summed E-state index contributed by atoms with van der Waals surface area (Å²) in [4.78, 5) is 25.9. The summed E-state index contributed by atoms with van der Waals surface area (Å²) < 4.78 is 15.5. The van der Waals surface area contributed by atoms with Gasteiger partial charge < -0.3 is 19.1 Å². The van der Waals surface area contributed by atoms with E-state index in [1.807, 2.05) is 6.92 Å². The van der Waals surface area contributed by atoms with Crippen molar-refractivity contribution in [2.45, 2.75) is 111 Å². The minimum Gasteiger partial charge on any atom is -0.465 e. The Morgan fingerprint density at radius 3 is 2.00 bits per heavy atom. The monoisotopic (exact) mass is 509 g/mol. The summed E-state index contributed by atoms with van der Waals surface area (Å²) in [6.07, 6.45) is 22.5. The molecule has 0 aromatic heterocycles. The van der Waals surface area contributed by atoms with Crippen LogP contribution in [0.2, 0.25) is 0 Å². The van der Waals surface area contributed by atoms with E-state index in [2.05, 4.69) is 50.0 Å². The topological polar surface area (TPSA) is 65.1 Å². The van der Waals surface area contributed by atoms with Crippen molar-refractivity contribution < 1.29 is 23.8 Å². The molecule has 0 aliphatic rings. The maximum absolute atomic E-state index is 11.9. The first-order valence-electron chi connectivity index (χ1n) is 14.5. The van der Waals surface area contributed by atoms with Gasteiger partial charge in [0.05, 0.1) is 13.2 Å². The summed E-state index contributed by atoms with van der Waals surface area (Å²) in [5.41, 5.74) is 0. The number of carbonyl (C=O) groups excluding carboxylic acids is 2. The molecule has 0 N–H and O–H groups in total. The number of esters is 1. The normalized spacial score (nSPS) is 12.5. The Hall–Kier alpha value is -1.82. The standard InChI is InChI=1S/C30H55NO5/c1-5-8-9-10-11-12-13-14-15-16-17-18-19-20-21-23-29(32)35-26-28(4)27-36-30(33)34-25-22-24-31(6-2)7-3/h11-12,14-15,28H,5-10,13,16-27H2,1-4H3. The van der Waals surface area contributed by atoms with Crippen molar-refractivity contribution in [3.63, 3.8) is 0 Å². The van der Waals surface area contributed by atoms with Gasteiger partial charge >= 0.3 is 12.1 Å². The summed E-state index contributed by atoms with van der Waals surface area (Å²) in [6.45, 7) is 12.0. The Bertz CT molecular complexity index is 572. The molecule has 1 unspecified atom stereocenters. The number of unbranched alkanes of at least 4 members (excludes halogenated alkanes) is 8. The molecule has 0 aliphatic heterocycles. The van der Waals surface area contributed by atoms with E-state index < -0.39 is 6.16 Å². The van der Waals surface area contributed by atoms with Crippen LogP contribution in [0.4, 0.5) is 4.79 Å². The van der Waals surface area contributed by atoms with Crippen molar-refractivity contribution in [1.29, 1.82) is 0 Å². The molecule has 0 radical (unpaired) electrons. The molecule has 0 aromatic rings. The van der Waals surface area contributed by atoms with Gasteiger partial charge in [0.25, 0.3) is 0 Å². The van der Waals surface area contributed by atoms with Crippen LogP contribution >= 0.6 is 0 Å². The predicted octanol–water partition coefficient (Wildman–Crippen LogP) is 7.86. The highest BCUT2D eigenvalue weighted by Gasteiger charge is 2.11. The lowest BCUT2D eigenvalue weighted by atomic mass is 10.1. The molecule has 0 aliphatic carbocycles. The summed E-state index contributed by atoms with van der Waals surface area (Å²) in [7, 11) is 0. The molecule has 0 amide bonds. The molecular formula is C30H55NO5. The fourth-order valence-corrected chi connectivity index (χ4v) is 3.67. The first kappa shape index (κ1) is 34.2. The molecule has 0 fully saturated rings. The Morgan fingerprint density at radius 1 is 0.722 bits per heavy atom. The minimum absolute atomic E-state index is 0.0539. The third kappa shape index (κ3) is 23.9. The van der Waals surface area contributed by atoms with E-state index in [0.29, 0.717) is 13.0 Å². The summed E-state index contributed by atoms with van der Waals surface area (Å²) in [5.74, 6) is -0.228. The van der Waals surface area contributed by atoms with Gasteiger partial charge in [-0.25, -0.2) is 4.79 Å². The summed E-state index contributed by atoms with van der Waals surface area (Å²) in [6, 6.07) is 0. The highest BCUT2D eigenvalue weighted by molar-refractivity contribution is 5.69. The van der Waals surface area contributed by atoms with Crippen LogP contribution in [0.5, 0.6) is 0 Å². The molecular weight excluding hydrogens is 454 g/mol. The molecule has 0 heterocycles. The molecule has 0 rings (SSSR count). The molecule has 1 atom stereocenters. The maximum atomic E-state index is 11.9. The highest BCUT2D eigenvalue weighted by atomic mass is 16.7. The van der Waals surface area contributed by atoms with Crippen LogP contribution in [0.1, 0.15) is 111 Å². The van der Waals surface area contributed by atoms with Gasteiger partial charge in [-0.1, -0.05) is 84.1 Å². The van der Waals surface area contributed by atoms with Gasteiger partial charge in [0.15, 0.2) is 0 Å². The first-order valence-corrected chi connectivity index (χ1v) is 14.5. The minimum atomic E-state index is -0.655. The van der Waals surface area contributed by atoms with Crippen molar-refractivity contribution in [1.82, 2.24) is 4.90 Å². The number of hydrogen-bond acceptors (Lipinski definition) is 6. The molecule has 0 saturated carbocycles. The van der Waals surface area contributed by atoms with Gasteiger partial charge in [0, 0.05) is 18.9 Å². The third-order valence-electron chi connectivity index (χ3n) is 6.08. The van der Waals surface area contributed by atoms with Crippen LogP contribution in [-0.2, 0) is 19.0 Å². The van der Waals surface area contributed by atoms with Crippen LogP contribution in [-0.4, -0.2) is 56.5 Å². The van der Waals surface area contributed by atoms with Crippen molar-refractivity contribution in [3.05, 3.63) is 24.3 Å². The average Bonchev–Trinajstić information content (AvgIpc) is 2.88. The Labute approximate surface area is 221 Å². The fourth-order valence-electron chi connectivity index (χ4n) is 3.67. The van der Waals surface area contributed by atoms with Crippen molar-refractivity contribution in [2.75, 3.05) is 39.5 Å². The van der Waals surface area contributed by atoms with E-state index in [4.69, 9.17) is 14.2 Å². The van der Waals surface area contributed by atoms with Crippen LogP contribution in [0.15, 0.2) is 24.3 Å². The van der Waals surface area contributed by atoms with Gasteiger partial charge in [-0.15, -0.1) is 0 Å². The number of allylic oxidation sites excluding steroid dienone is 4. The second kappa shape index (κ2) is 26.2. The summed E-state index contributed by atoms with van der Waals surface area (Å²) in [5, 5.41) is 0. The highest BCUT2D eigenvalue weighted by Crippen LogP contribution is 2.09. The zero-order valence-corrected chi connectivity index (χ0v) is 23.8. The lowest BCUT2D eigenvalue weighted by Gasteiger charge is -2.17. The number of rotatable bonds is 24. The van der Waals surface area contributed by atoms with Gasteiger partial charge in [0.1, 0.15) is 6.61 Å². The van der Waals surface area contributed by atoms with E-state index in [1.54, 1.807) is 0 Å². The second-order valence-electron chi connectivity index (χ2n) is 9.56. The van der Waals surface area contributed by atoms with Crippen molar-refractivity contribution >= 4 is 12.1 Å². The zero-order valence-electron chi connectivity index (χ0n) is 23.8. The third-order valence-corrected chi connectivity index (χ3v) is 6.08. The van der Waals surface area contributed by atoms with Crippen LogP contribution in [0, 0.1) is 5.92 Å². The molecule has 0 aromatic carbocycles. The second-order valence-corrected chi connectivity index (χ2v) is 9.56. The Balaban J connectivity index is 3.54. The van der Waals surface area contributed by atoms with E-state index in [-0.39, 0.29) is 25.1 Å². The fraction of sp³-hybridized carbons (Fsp3) is 0.800. The van der Waals surface area contributed by atoms with E-state index in [0.717, 1.165) is 58.2 Å². The summed E-state index contributed by atoms with van der Waals surface area (Å²) >= 11 is 0.